The van der Waals surface area contributed by atoms with Crippen molar-refractivity contribution in [3.05, 3.63) is 23.3 Å². The van der Waals surface area contributed by atoms with Crippen LogP contribution in [0.1, 0.15) is 15.9 Å². The Morgan fingerprint density at radius 1 is 1.38 bits per heavy atom. The topological polar surface area (TPSA) is 69.6 Å². The number of hydrogen-bond donors (Lipinski definition) is 3. The van der Waals surface area contributed by atoms with E-state index in [4.69, 9.17) is 0 Å². The molecular weight excluding hydrogens is 170 g/mol. The zero-order valence-corrected chi connectivity index (χ0v) is 7.46. The maximum Gasteiger partial charge on any atom is 0.251 e. The fourth-order valence-corrected chi connectivity index (χ4v) is 1.04. The van der Waals surface area contributed by atoms with Crippen LogP contribution in [0.5, 0.6) is 11.5 Å². The van der Waals surface area contributed by atoms with Crippen LogP contribution >= 0.6 is 0 Å². The van der Waals surface area contributed by atoms with Crippen molar-refractivity contribution < 1.29 is 15.0 Å². The van der Waals surface area contributed by atoms with Crippen LogP contribution < -0.4 is 5.32 Å². The van der Waals surface area contributed by atoms with Gasteiger partial charge in [-0.3, -0.25) is 4.79 Å². The lowest BCUT2D eigenvalue weighted by Crippen LogP contribution is -2.17. The van der Waals surface area contributed by atoms with E-state index >= 15 is 0 Å². The van der Waals surface area contributed by atoms with Crippen LogP contribution in [-0.4, -0.2) is 23.2 Å². The van der Waals surface area contributed by atoms with Crippen LogP contribution in [0.25, 0.3) is 0 Å². The summed E-state index contributed by atoms with van der Waals surface area (Å²) in [6, 6.07) is 2.73. The SMILES string of the molecule is CNC(=O)c1cc(C)c(O)c(O)c1. The third-order valence-corrected chi connectivity index (χ3v) is 1.77. The molecule has 0 saturated heterocycles. The molecule has 0 unspecified atom stereocenters. The summed E-state index contributed by atoms with van der Waals surface area (Å²) in [5.41, 5.74) is 0.800. The fraction of sp³-hybridized carbons (Fsp3) is 0.222. The summed E-state index contributed by atoms with van der Waals surface area (Å²) < 4.78 is 0. The van der Waals surface area contributed by atoms with Gasteiger partial charge in [0.15, 0.2) is 11.5 Å². The quantitative estimate of drug-likeness (QED) is 0.560. The molecule has 1 amide bonds. The molecule has 0 aliphatic heterocycles. The molecule has 0 bridgehead atoms. The van der Waals surface area contributed by atoms with Crippen molar-refractivity contribution in [2.75, 3.05) is 7.05 Å². The molecular formula is C9H11NO3. The first-order chi connectivity index (χ1) is 6.06. The van der Waals surface area contributed by atoms with E-state index in [1.54, 1.807) is 6.92 Å². The Labute approximate surface area is 75.8 Å². The van der Waals surface area contributed by atoms with E-state index in [9.17, 15) is 15.0 Å². The molecule has 0 saturated carbocycles. The van der Waals surface area contributed by atoms with Gasteiger partial charge >= 0.3 is 0 Å². The monoisotopic (exact) mass is 181 g/mol. The third-order valence-electron chi connectivity index (χ3n) is 1.77. The molecule has 1 aromatic carbocycles. The van der Waals surface area contributed by atoms with E-state index in [0.717, 1.165) is 0 Å². The molecule has 4 heteroatoms. The predicted molar refractivity (Wildman–Crippen MR) is 47.9 cm³/mol. The van der Waals surface area contributed by atoms with Crippen LogP contribution in [0.3, 0.4) is 0 Å². The number of carbonyl (C=O) groups is 1. The number of aromatic hydroxyl groups is 2. The molecule has 1 aromatic rings. The number of phenolic OH excluding ortho intramolecular Hbond substituents is 2. The zero-order valence-electron chi connectivity index (χ0n) is 7.46. The van der Waals surface area contributed by atoms with Crippen molar-refractivity contribution in [1.29, 1.82) is 0 Å². The van der Waals surface area contributed by atoms with Gasteiger partial charge in [-0.1, -0.05) is 0 Å². The molecule has 4 nitrogen and oxygen atoms in total. The van der Waals surface area contributed by atoms with Gasteiger partial charge in [-0.15, -0.1) is 0 Å². The standard InChI is InChI=1S/C9H11NO3/c1-5-3-6(9(13)10-2)4-7(11)8(5)12/h3-4,11-12H,1-2H3,(H,10,13). The number of rotatable bonds is 1. The maximum absolute atomic E-state index is 11.1. The minimum absolute atomic E-state index is 0.187. The Balaban J connectivity index is 3.20. The molecule has 0 atom stereocenters. The van der Waals surface area contributed by atoms with Crippen molar-refractivity contribution in [3.8, 4) is 11.5 Å². The second-order valence-corrected chi connectivity index (χ2v) is 2.74. The lowest BCUT2D eigenvalue weighted by atomic mass is 10.1. The average molecular weight is 181 g/mol. The van der Waals surface area contributed by atoms with Crippen LogP contribution in [-0.2, 0) is 0 Å². The Kier molecular flexibility index (Phi) is 2.41. The highest BCUT2D eigenvalue weighted by Crippen LogP contribution is 2.29. The van der Waals surface area contributed by atoms with Gasteiger partial charge in [-0.25, -0.2) is 0 Å². The molecule has 0 spiro atoms. The van der Waals surface area contributed by atoms with Gasteiger partial charge in [0.05, 0.1) is 0 Å². The first kappa shape index (κ1) is 9.38. The number of phenols is 2. The third kappa shape index (κ3) is 1.72. The van der Waals surface area contributed by atoms with Crippen LogP contribution in [0.15, 0.2) is 12.1 Å². The Morgan fingerprint density at radius 3 is 2.46 bits per heavy atom. The molecule has 1 rings (SSSR count). The number of carbonyl (C=O) groups excluding carboxylic acids is 1. The van der Waals surface area contributed by atoms with Crippen LogP contribution in [0, 0.1) is 6.92 Å². The van der Waals surface area contributed by atoms with Gasteiger partial charge in [0.2, 0.25) is 0 Å². The fourth-order valence-electron chi connectivity index (χ4n) is 1.04. The molecule has 0 aliphatic rings. The molecule has 0 fully saturated rings. The zero-order chi connectivity index (χ0) is 10.0. The van der Waals surface area contributed by atoms with Crippen LogP contribution in [0.2, 0.25) is 0 Å². The molecule has 3 N–H and O–H groups in total. The Bertz CT molecular complexity index is 324. The van der Waals surface area contributed by atoms with Crippen molar-refractivity contribution in [2.45, 2.75) is 6.92 Å². The summed E-state index contributed by atoms with van der Waals surface area (Å²) in [4.78, 5) is 11.1. The molecule has 0 aliphatic carbocycles. The summed E-state index contributed by atoms with van der Waals surface area (Å²) in [5, 5.41) is 20.8. The lowest BCUT2D eigenvalue weighted by molar-refractivity contribution is 0.0962. The molecule has 13 heavy (non-hydrogen) atoms. The van der Waals surface area contributed by atoms with E-state index in [-0.39, 0.29) is 17.4 Å². The maximum atomic E-state index is 11.1. The van der Waals surface area contributed by atoms with Gasteiger partial charge in [0.1, 0.15) is 0 Å². The number of benzene rings is 1. The average Bonchev–Trinajstić information content (AvgIpc) is 2.12. The number of hydrogen-bond acceptors (Lipinski definition) is 3. The molecule has 0 radical (unpaired) electrons. The van der Waals surface area contributed by atoms with E-state index < -0.39 is 0 Å². The van der Waals surface area contributed by atoms with E-state index in [0.29, 0.717) is 11.1 Å². The Morgan fingerprint density at radius 2 is 2.00 bits per heavy atom. The lowest BCUT2D eigenvalue weighted by Gasteiger charge is -2.05. The largest absolute Gasteiger partial charge is 0.504 e. The predicted octanol–water partition coefficient (Wildman–Crippen LogP) is 0.766. The second kappa shape index (κ2) is 3.35. The summed E-state index contributed by atoms with van der Waals surface area (Å²) in [7, 11) is 1.50. The first-order valence-corrected chi connectivity index (χ1v) is 3.81. The molecule has 0 aromatic heterocycles. The van der Waals surface area contributed by atoms with E-state index in [1.165, 1.54) is 19.2 Å². The number of nitrogens with one attached hydrogen (secondary N) is 1. The normalized spacial score (nSPS) is 9.69. The number of amides is 1. The van der Waals surface area contributed by atoms with Gasteiger partial charge in [0.25, 0.3) is 5.91 Å². The summed E-state index contributed by atoms with van der Waals surface area (Å²) in [6.45, 7) is 1.61. The smallest absolute Gasteiger partial charge is 0.251 e. The van der Waals surface area contributed by atoms with Crippen LogP contribution in [0.4, 0.5) is 0 Å². The van der Waals surface area contributed by atoms with Crippen molar-refractivity contribution >= 4 is 5.91 Å². The van der Waals surface area contributed by atoms with Crippen molar-refractivity contribution in [1.82, 2.24) is 5.32 Å². The summed E-state index contributed by atoms with van der Waals surface area (Å²) in [6.07, 6.45) is 0. The molecule has 70 valence electrons. The highest BCUT2D eigenvalue weighted by molar-refractivity contribution is 5.94. The van der Waals surface area contributed by atoms with Crippen molar-refractivity contribution in [3.63, 3.8) is 0 Å². The minimum Gasteiger partial charge on any atom is -0.504 e. The van der Waals surface area contributed by atoms with Gasteiger partial charge in [0, 0.05) is 12.6 Å². The van der Waals surface area contributed by atoms with Gasteiger partial charge in [-0.2, -0.15) is 0 Å². The highest BCUT2D eigenvalue weighted by atomic mass is 16.3. The minimum atomic E-state index is -0.293. The summed E-state index contributed by atoms with van der Waals surface area (Å²) in [5.74, 6) is -0.760. The van der Waals surface area contributed by atoms with Crippen molar-refractivity contribution in [2.24, 2.45) is 0 Å². The van der Waals surface area contributed by atoms with Gasteiger partial charge < -0.3 is 15.5 Å². The van der Waals surface area contributed by atoms with E-state index in [1.807, 2.05) is 0 Å². The van der Waals surface area contributed by atoms with E-state index in [2.05, 4.69) is 5.32 Å². The first-order valence-electron chi connectivity index (χ1n) is 3.81. The molecule has 0 heterocycles. The number of aryl methyl sites for hydroxylation is 1. The summed E-state index contributed by atoms with van der Waals surface area (Å²) >= 11 is 0. The highest BCUT2D eigenvalue weighted by Gasteiger charge is 2.09. The Hall–Kier alpha value is -1.71. The van der Waals surface area contributed by atoms with Gasteiger partial charge in [-0.05, 0) is 24.6 Å². The second-order valence-electron chi connectivity index (χ2n) is 2.74.